The van der Waals surface area contributed by atoms with Crippen LogP contribution in [0.3, 0.4) is 0 Å². The highest BCUT2D eigenvalue weighted by molar-refractivity contribution is 7.71. The molecule has 1 aromatic heterocycles. The maximum Gasteiger partial charge on any atom is 0.257 e. The molecule has 0 amide bonds. The normalized spacial score (nSPS) is 10.0. The summed E-state index contributed by atoms with van der Waals surface area (Å²) < 4.78 is 2.95. The van der Waals surface area contributed by atoms with Gasteiger partial charge < -0.3 is 5.11 Å². The number of hydrogen-bond acceptors (Lipinski definition) is 3. The maximum atomic E-state index is 10.9. The van der Waals surface area contributed by atoms with Gasteiger partial charge in [-0.05, 0) is 12.2 Å². The van der Waals surface area contributed by atoms with Crippen molar-refractivity contribution in [2.45, 2.75) is 0 Å². The van der Waals surface area contributed by atoms with E-state index in [1.54, 1.807) is 14.1 Å². The van der Waals surface area contributed by atoms with E-state index in [2.05, 4.69) is 0 Å². The minimum Gasteiger partial charge on any atom is -0.494 e. The van der Waals surface area contributed by atoms with E-state index in [4.69, 9.17) is 17.3 Å². The first-order chi connectivity index (χ1) is 5.04. The Bertz CT molecular complexity index is 391. The Labute approximate surface area is 68.3 Å². The first-order valence-electron chi connectivity index (χ1n) is 3.00. The van der Waals surface area contributed by atoms with Crippen LogP contribution in [0.15, 0.2) is 10.9 Å². The lowest BCUT2D eigenvalue weighted by atomic mass is 10.6. The van der Waals surface area contributed by atoms with Crippen LogP contribution >= 0.6 is 12.2 Å². The minimum atomic E-state index is -0.300. The van der Waals surface area contributed by atoms with Crippen molar-refractivity contribution in [3.63, 3.8) is 0 Å². The number of hydrogen-bond donors (Lipinski definition) is 1. The van der Waals surface area contributed by atoms with Gasteiger partial charge in [0.15, 0.2) is 10.7 Å². The molecule has 0 saturated carbocycles. The quantitative estimate of drug-likeness (QED) is 0.567. The monoisotopic (exact) mass is 172 g/mol. The molecule has 1 heterocycles. The SMILES string of the molecule is Cn1c(O)cc(=O)n(C)c1=S. The van der Waals surface area contributed by atoms with Crippen LogP contribution in [0.4, 0.5) is 0 Å². The van der Waals surface area contributed by atoms with Crippen molar-refractivity contribution in [1.29, 1.82) is 0 Å². The molecule has 0 radical (unpaired) electrons. The number of rotatable bonds is 0. The van der Waals surface area contributed by atoms with Crippen molar-refractivity contribution < 1.29 is 5.11 Å². The summed E-state index contributed by atoms with van der Waals surface area (Å²) in [6, 6.07) is 1.12. The molecule has 4 nitrogen and oxygen atoms in total. The molecule has 0 fully saturated rings. The molecule has 0 aliphatic carbocycles. The molecule has 60 valence electrons. The Balaban J connectivity index is 3.74. The predicted molar refractivity (Wildman–Crippen MR) is 43.2 cm³/mol. The Morgan fingerprint density at radius 3 is 2.55 bits per heavy atom. The van der Waals surface area contributed by atoms with Crippen LogP contribution in [0.2, 0.25) is 0 Å². The van der Waals surface area contributed by atoms with Crippen LogP contribution < -0.4 is 5.56 Å². The summed E-state index contributed by atoms with van der Waals surface area (Å²) in [5.41, 5.74) is -0.300. The smallest absolute Gasteiger partial charge is 0.257 e. The Morgan fingerprint density at radius 1 is 1.45 bits per heavy atom. The van der Waals surface area contributed by atoms with E-state index in [1.807, 2.05) is 0 Å². The first kappa shape index (κ1) is 8.00. The fraction of sp³-hybridized carbons (Fsp3) is 0.333. The third kappa shape index (κ3) is 1.19. The van der Waals surface area contributed by atoms with Gasteiger partial charge in [-0.1, -0.05) is 0 Å². The van der Waals surface area contributed by atoms with E-state index >= 15 is 0 Å². The van der Waals surface area contributed by atoms with Gasteiger partial charge in [-0.25, -0.2) is 0 Å². The van der Waals surface area contributed by atoms with Gasteiger partial charge >= 0.3 is 0 Å². The third-order valence-corrected chi connectivity index (χ3v) is 2.05. The van der Waals surface area contributed by atoms with E-state index in [1.165, 1.54) is 9.13 Å². The fourth-order valence-corrected chi connectivity index (χ4v) is 0.905. The summed E-state index contributed by atoms with van der Waals surface area (Å²) in [6.07, 6.45) is 0. The van der Waals surface area contributed by atoms with Gasteiger partial charge in [-0.2, -0.15) is 0 Å². The minimum absolute atomic E-state index is 0.113. The van der Waals surface area contributed by atoms with E-state index in [0.717, 1.165) is 6.07 Å². The van der Waals surface area contributed by atoms with Gasteiger partial charge in [0.2, 0.25) is 0 Å². The van der Waals surface area contributed by atoms with E-state index in [9.17, 15) is 4.79 Å². The molecule has 1 rings (SSSR count). The number of nitrogens with zero attached hydrogens (tertiary/aromatic N) is 2. The largest absolute Gasteiger partial charge is 0.494 e. The van der Waals surface area contributed by atoms with E-state index < -0.39 is 0 Å². The molecule has 1 N–H and O–H groups in total. The molecule has 0 atom stereocenters. The molecule has 5 heteroatoms. The van der Waals surface area contributed by atoms with Gasteiger partial charge in [0.25, 0.3) is 5.56 Å². The predicted octanol–water partition coefficient (Wildman–Crippen LogP) is 0.159. The van der Waals surface area contributed by atoms with Crippen molar-refractivity contribution in [2.24, 2.45) is 14.1 Å². The van der Waals surface area contributed by atoms with Crippen molar-refractivity contribution in [3.05, 3.63) is 21.2 Å². The molecule has 1 aromatic rings. The second-order valence-corrected chi connectivity index (χ2v) is 2.61. The Morgan fingerprint density at radius 2 is 2.00 bits per heavy atom. The highest BCUT2D eigenvalue weighted by Crippen LogP contribution is 2.01. The standard InChI is InChI=1S/C6H8N2O2S/c1-7-4(9)3-5(10)8(2)6(7)11/h3,9H,1-2H3. The second kappa shape index (κ2) is 2.50. The molecule has 0 aliphatic rings. The second-order valence-electron chi connectivity index (χ2n) is 2.24. The fourth-order valence-electron chi connectivity index (χ4n) is 0.721. The molecular formula is C6H8N2O2S. The highest BCUT2D eigenvalue weighted by Gasteiger charge is 1.99. The zero-order chi connectivity index (χ0) is 8.59. The van der Waals surface area contributed by atoms with Crippen molar-refractivity contribution in [1.82, 2.24) is 9.13 Å². The average Bonchev–Trinajstić information content (AvgIpc) is 1.97. The zero-order valence-electron chi connectivity index (χ0n) is 6.24. The average molecular weight is 172 g/mol. The van der Waals surface area contributed by atoms with Crippen LogP contribution in [0.25, 0.3) is 0 Å². The number of aromatic nitrogens is 2. The van der Waals surface area contributed by atoms with Gasteiger partial charge in [0, 0.05) is 14.1 Å². The zero-order valence-corrected chi connectivity index (χ0v) is 7.05. The molecule has 11 heavy (non-hydrogen) atoms. The summed E-state index contributed by atoms with van der Waals surface area (Å²) in [5, 5.41) is 9.09. The van der Waals surface area contributed by atoms with Gasteiger partial charge in [-0.3, -0.25) is 13.9 Å². The van der Waals surface area contributed by atoms with Crippen LogP contribution in [0, 0.1) is 4.77 Å². The molecule has 0 aliphatic heterocycles. The van der Waals surface area contributed by atoms with Crippen LogP contribution in [0.5, 0.6) is 5.88 Å². The van der Waals surface area contributed by atoms with Crippen molar-refractivity contribution >= 4 is 12.2 Å². The lowest BCUT2D eigenvalue weighted by molar-refractivity contribution is 0.416. The molecule has 0 aromatic carbocycles. The molecular weight excluding hydrogens is 164 g/mol. The van der Waals surface area contributed by atoms with Crippen LogP contribution in [0.1, 0.15) is 0 Å². The lowest BCUT2D eigenvalue weighted by Crippen LogP contribution is -2.19. The van der Waals surface area contributed by atoms with Gasteiger partial charge in [0.1, 0.15) is 0 Å². The molecule has 0 unspecified atom stereocenters. The topological polar surface area (TPSA) is 47.2 Å². The van der Waals surface area contributed by atoms with Gasteiger partial charge in [-0.15, -0.1) is 0 Å². The summed E-state index contributed by atoms with van der Waals surface area (Å²) >= 11 is 4.84. The van der Waals surface area contributed by atoms with Crippen molar-refractivity contribution in [2.75, 3.05) is 0 Å². The van der Waals surface area contributed by atoms with E-state index in [0.29, 0.717) is 4.77 Å². The molecule has 0 saturated heterocycles. The number of aromatic hydroxyl groups is 1. The summed E-state index contributed by atoms with van der Waals surface area (Å²) in [5.74, 6) is -0.113. The summed E-state index contributed by atoms with van der Waals surface area (Å²) in [4.78, 5) is 10.9. The third-order valence-electron chi connectivity index (χ3n) is 1.50. The van der Waals surface area contributed by atoms with E-state index in [-0.39, 0.29) is 11.4 Å². The Hall–Kier alpha value is -1.10. The van der Waals surface area contributed by atoms with Crippen LogP contribution in [-0.2, 0) is 14.1 Å². The molecule has 0 bridgehead atoms. The van der Waals surface area contributed by atoms with Crippen molar-refractivity contribution in [3.8, 4) is 5.88 Å². The molecule has 0 spiro atoms. The summed E-state index contributed by atoms with van der Waals surface area (Å²) in [7, 11) is 3.15. The summed E-state index contributed by atoms with van der Waals surface area (Å²) in [6.45, 7) is 0. The van der Waals surface area contributed by atoms with Crippen LogP contribution in [-0.4, -0.2) is 14.2 Å². The Kier molecular flexibility index (Phi) is 1.82. The highest BCUT2D eigenvalue weighted by atomic mass is 32.1. The first-order valence-corrected chi connectivity index (χ1v) is 3.41. The van der Waals surface area contributed by atoms with Gasteiger partial charge in [0.05, 0.1) is 6.07 Å². The lowest BCUT2D eigenvalue weighted by Gasteiger charge is -2.04. The maximum absolute atomic E-state index is 10.9.